The maximum Gasteiger partial charge on any atom is 0.140 e. The smallest absolute Gasteiger partial charge is 0.140 e. The minimum absolute atomic E-state index is 0.0591. The van der Waals surface area contributed by atoms with E-state index in [-0.39, 0.29) is 17.6 Å². The Morgan fingerprint density at radius 3 is 1.94 bits per heavy atom. The molecular weight excluding hydrogens is 424 g/mol. The van der Waals surface area contributed by atoms with E-state index in [0.29, 0.717) is 22.1 Å². The molecule has 5 aromatic rings. The molecule has 2 aliphatic rings. The van der Waals surface area contributed by atoms with Crippen LogP contribution in [0.1, 0.15) is 29.1 Å². The predicted octanol–water partition coefficient (Wildman–Crippen LogP) is 8.48. The van der Waals surface area contributed by atoms with Crippen molar-refractivity contribution in [2.75, 3.05) is 0 Å². The predicted molar refractivity (Wildman–Crippen MR) is 134 cm³/mol. The Balaban J connectivity index is 1.68. The van der Waals surface area contributed by atoms with Gasteiger partial charge in [0.05, 0.1) is 12.3 Å². The van der Waals surface area contributed by atoms with E-state index < -0.39 is 23.5 Å². The van der Waals surface area contributed by atoms with Gasteiger partial charge in [0.25, 0.3) is 0 Å². The molecule has 1 nitrogen and oxygen atoms in total. The van der Waals surface area contributed by atoms with Crippen molar-refractivity contribution in [3.63, 3.8) is 0 Å². The molecule has 0 fully saturated rings. The fourth-order valence-electron chi connectivity index (χ4n) is 5.49. The van der Waals surface area contributed by atoms with E-state index >= 15 is 0 Å². The first-order valence-electron chi connectivity index (χ1n) is 13.2. The second-order valence-electron chi connectivity index (χ2n) is 8.27. The highest BCUT2D eigenvalue weighted by molar-refractivity contribution is 6.31. The van der Waals surface area contributed by atoms with Crippen LogP contribution in [0.4, 0.5) is 0 Å². The molecule has 0 aromatic heterocycles. The minimum Gasteiger partial charge on any atom is -0.456 e. The van der Waals surface area contributed by atoms with Gasteiger partial charge >= 0.3 is 0 Å². The Labute approximate surface area is 204 Å². The average Bonchev–Trinajstić information content (AvgIpc) is 3.23. The van der Waals surface area contributed by atoms with Gasteiger partial charge in [0.1, 0.15) is 11.5 Å². The van der Waals surface area contributed by atoms with Crippen molar-refractivity contribution in [1.82, 2.24) is 0 Å². The molecule has 0 saturated carbocycles. The van der Waals surface area contributed by atoms with Gasteiger partial charge in [-0.15, -0.1) is 0 Å². The third-order valence-corrected chi connectivity index (χ3v) is 6.90. The quantitative estimate of drug-likeness (QED) is 0.245. The molecule has 2 heteroatoms. The largest absolute Gasteiger partial charge is 0.456 e. The highest BCUT2D eigenvalue weighted by Crippen LogP contribution is 2.63. The summed E-state index contributed by atoms with van der Waals surface area (Å²) < 4.78 is 48.5. The molecule has 1 aliphatic carbocycles. The fourth-order valence-corrected chi connectivity index (χ4v) is 5.71. The third kappa shape index (κ3) is 2.43. The standard InChI is InChI=1S/C31H19ClO/c32-21-18-24(20-10-2-1-3-11-20)30-28(19-21)31(27-16-8-9-17-29(27)33-30)25-14-6-4-12-22(25)23-13-5-7-15-26(23)31/h1-19H/i1D,2D,3D,10D,11D. The van der Waals surface area contributed by atoms with Crippen molar-refractivity contribution in [2.24, 2.45) is 0 Å². The summed E-state index contributed by atoms with van der Waals surface area (Å²) in [5.41, 5.74) is 5.74. The van der Waals surface area contributed by atoms with Gasteiger partial charge in [-0.05, 0) is 46.0 Å². The summed E-state index contributed by atoms with van der Waals surface area (Å²) in [6.07, 6.45) is 0. The molecule has 33 heavy (non-hydrogen) atoms. The van der Waals surface area contributed by atoms with Crippen molar-refractivity contribution in [3.05, 3.63) is 142 Å². The summed E-state index contributed by atoms with van der Waals surface area (Å²) in [6, 6.07) is 26.1. The van der Waals surface area contributed by atoms with Crippen molar-refractivity contribution in [2.45, 2.75) is 5.41 Å². The van der Waals surface area contributed by atoms with Crippen LogP contribution >= 0.6 is 11.6 Å². The van der Waals surface area contributed by atoms with Gasteiger partial charge in [-0.2, -0.15) is 0 Å². The second kappa shape index (κ2) is 6.84. The van der Waals surface area contributed by atoms with E-state index in [0.717, 1.165) is 33.4 Å². The molecule has 1 heterocycles. The van der Waals surface area contributed by atoms with Gasteiger partial charge in [-0.1, -0.05) is 109 Å². The number of hydrogen-bond donors (Lipinski definition) is 0. The molecule has 0 saturated heterocycles. The summed E-state index contributed by atoms with van der Waals surface area (Å²) in [6.45, 7) is 0. The van der Waals surface area contributed by atoms with Crippen LogP contribution in [0.2, 0.25) is 5.02 Å². The molecule has 1 spiro atoms. The Hall–Kier alpha value is -3.81. The van der Waals surface area contributed by atoms with Crippen molar-refractivity contribution >= 4 is 11.6 Å². The number of rotatable bonds is 1. The lowest BCUT2D eigenvalue weighted by Crippen LogP contribution is -2.32. The first kappa shape index (κ1) is 14.4. The van der Waals surface area contributed by atoms with Gasteiger partial charge in [-0.3, -0.25) is 0 Å². The van der Waals surface area contributed by atoms with Crippen molar-refractivity contribution in [1.29, 1.82) is 0 Å². The Morgan fingerprint density at radius 2 is 1.24 bits per heavy atom. The van der Waals surface area contributed by atoms with Crippen LogP contribution in [0.3, 0.4) is 0 Å². The number of ether oxygens (including phenoxy) is 1. The first-order chi connectivity index (χ1) is 18.4. The highest BCUT2D eigenvalue weighted by Gasteiger charge is 2.51. The van der Waals surface area contributed by atoms with Crippen LogP contribution in [0.5, 0.6) is 11.5 Å². The van der Waals surface area contributed by atoms with E-state index in [4.69, 9.17) is 23.2 Å². The lowest BCUT2D eigenvalue weighted by atomic mass is 9.65. The number of para-hydroxylation sites is 1. The maximum absolute atomic E-state index is 8.67. The normalized spacial score (nSPS) is 16.2. The number of halogens is 1. The van der Waals surface area contributed by atoms with Gasteiger partial charge in [0.2, 0.25) is 0 Å². The zero-order valence-corrected chi connectivity index (χ0v) is 18.1. The Bertz CT molecular complexity index is 1760. The molecule has 5 aromatic carbocycles. The summed E-state index contributed by atoms with van der Waals surface area (Å²) >= 11 is 6.78. The monoisotopic (exact) mass is 447 g/mol. The van der Waals surface area contributed by atoms with E-state index in [2.05, 4.69) is 30.3 Å². The maximum atomic E-state index is 8.67. The molecule has 0 bridgehead atoms. The lowest BCUT2D eigenvalue weighted by molar-refractivity contribution is 0.438. The van der Waals surface area contributed by atoms with Crippen LogP contribution in [-0.4, -0.2) is 0 Å². The van der Waals surface area contributed by atoms with Gasteiger partial charge in [-0.25, -0.2) is 0 Å². The SMILES string of the molecule is [2H]c1c([2H])c([2H])c(-c2cc(Cl)cc3c2Oc2ccccc2C32c3ccccc3-c3ccccc32)c([2H])c1[2H]. The van der Waals surface area contributed by atoms with Crippen molar-refractivity contribution in [3.8, 4) is 33.8 Å². The zero-order chi connectivity index (χ0) is 26.3. The minimum atomic E-state index is -0.773. The molecular formula is C31H19ClO. The van der Waals surface area contributed by atoms with Crippen LogP contribution in [0.25, 0.3) is 22.3 Å². The van der Waals surface area contributed by atoms with Crippen LogP contribution < -0.4 is 4.74 Å². The summed E-state index contributed by atoms with van der Waals surface area (Å²) in [4.78, 5) is 0. The molecule has 0 amide bonds. The molecule has 0 unspecified atom stereocenters. The fraction of sp³-hybridized carbons (Fsp3) is 0.0323. The van der Waals surface area contributed by atoms with E-state index in [9.17, 15) is 0 Å². The lowest BCUT2D eigenvalue weighted by Gasteiger charge is -2.40. The van der Waals surface area contributed by atoms with Gasteiger partial charge in [0.15, 0.2) is 0 Å². The summed E-state index contributed by atoms with van der Waals surface area (Å²) in [7, 11) is 0. The Kier molecular flexibility index (Phi) is 2.98. The highest BCUT2D eigenvalue weighted by atomic mass is 35.5. The number of benzene rings is 5. The number of hydrogen-bond acceptors (Lipinski definition) is 1. The summed E-state index contributed by atoms with van der Waals surface area (Å²) in [5, 5.41) is 0.384. The van der Waals surface area contributed by atoms with Crippen LogP contribution in [0.15, 0.2) is 115 Å². The average molecular weight is 448 g/mol. The third-order valence-electron chi connectivity index (χ3n) is 6.68. The molecule has 7 rings (SSSR count). The zero-order valence-electron chi connectivity index (χ0n) is 22.4. The topological polar surface area (TPSA) is 9.23 Å². The number of fused-ring (bicyclic) bond motifs is 9. The van der Waals surface area contributed by atoms with Crippen LogP contribution in [-0.2, 0) is 5.41 Å². The molecule has 0 atom stereocenters. The van der Waals surface area contributed by atoms with E-state index in [1.807, 2.05) is 48.5 Å². The first-order valence-corrected chi connectivity index (χ1v) is 11.1. The van der Waals surface area contributed by atoms with Gasteiger partial charge < -0.3 is 4.74 Å². The molecule has 0 radical (unpaired) electrons. The molecule has 0 N–H and O–H groups in total. The summed E-state index contributed by atoms with van der Waals surface area (Å²) in [5.74, 6) is 1.07. The van der Waals surface area contributed by atoms with E-state index in [1.54, 1.807) is 6.07 Å². The molecule has 1 aliphatic heterocycles. The second-order valence-corrected chi connectivity index (χ2v) is 8.71. The molecule has 156 valence electrons. The van der Waals surface area contributed by atoms with Crippen LogP contribution in [0, 0.1) is 0 Å². The van der Waals surface area contributed by atoms with E-state index in [1.165, 1.54) is 0 Å². The van der Waals surface area contributed by atoms with Crippen molar-refractivity contribution < 1.29 is 11.6 Å². The Morgan fingerprint density at radius 1 is 0.636 bits per heavy atom. The van der Waals surface area contributed by atoms with Gasteiger partial charge in [0, 0.05) is 21.7 Å².